The van der Waals surface area contributed by atoms with Crippen molar-refractivity contribution in [1.82, 2.24) is 0 Å². The molecule has 0 heterocycles. The van der Waals surface area contributed by atoms with Crippen LogP contribution in [-0.4, -0.2) is 27.0 Å². The number of halogens is 1. The summed E-state index contributed by atoms with van der Waals surface area (Å²) in [5.41, 5.74) is 4.45. The Morgan fingerprint density at radius 1 is 0.443 bits per heavy atom. The number of carbonyl (C=O) groups is 1. The largest absolute Gasteiger partial charge is 1.00 e. The van der Waals surface area contributed by atoms with Gasteiger partial charge in [-0.05, 0) is 89.7 Å². The minimum Gasteiger partial charge on any atom is -1.00 e. The number of hydrogen-bond acceptors (Lipinski definition) is 2. The first-order valence-electron chi connectivity index (χ1n) is 21.0. The van der Waals surface area contributed by atoms with E-state index in [0.717, 1.165) is 6.42 Å². The van der Waals surface area contributed by atoms with Crippen LogP contribution in [0.4, 0.5) is 0 Å². The van der Waals surface area contributed by atoms with Crippen LogP contribution in [0.25, 0.3) is 0 Å². The van der Waals surface area contributed by atoms with Crippen LogP contribution in [-0.2, 0) is 4.57 Å². The van der Waals surface area contributed by atoms with Crippen LogP contribution in [0.1, 0.15) is 186 Å². The molecule has 70 heavy (non-hydrogen) atoms. The Kier molecular flexibility index (Phi) is 66.2. The molecule has 3 N–H and O–H groups in total. The van der Waals surface area contributed by atoms with Gasteiger partial charge in [0.15, 0.2) is 0 Å². The van der Waals surface area contributed by atoms with Crippen LogP contribution >= 0.6 is 15.5 Å². The molecule has 3 atom stereocenters. The first kappa shape index (κ1) is 88.5. The maximum atomic E-state index is 10.6. The second-order valence-electron chi connectivity index (χ2n) is 14.0. The summed E-state index contributed by atoms with van der Waals surface area (Å²) in [5.74, 6) is 1.06. The molecule has 5 nitrogen and oxygen atoms in total. The molecule has 0 fully saturated rings. The monoisotopic (exact) mass is 1030 g/mol. The molecule has 6 rings (SSSR count). The summed E-state index contributed by atoms with van der Waals surface area (Å²) in [6.45, 7) is 19.7. The third kappa shape index (κ3) is 36.5. The van der Waals surface area contributed by atoms with Gasteiger partial charge < -0.3 is 27.3 Å². The van der Waals surface area contributed by atoms with Crippen LogP contribution in [0.2, 0.25) is 0 Å². The van der Waals surface area contributed by atoms with Gasteiger partial charge in [-0.2, -0.15) is 0 Å². The standard InChI is InChI=1S/C18H15P.C11H14O2.2C10H14.C2H7O3P.C2H5.9CH4.ClH/c1-4-10-16(11-5-1)19(17-12-6-2-7-13-17)18-14-8-3-9-15-18;1-3-8(2)9-4-6-10(7-5-9)11(12)13;2*1-3-9(2)10-7-5-4-6-8-10;1-2-6(3,4)5;1-2;;;;;;;;;;/h1-15H;4-8H,3H2,1-2H3,(H,12,13);2*4-9H,3H2,1-2H3;2H2,1H3,(H2,3,4,5);1H2,2H3;9*1H4;1H/q;;;;;+1;;;;;;;;;;/p-1. The molecule has 0 amide bonds. The third-order valence-corrected chi connectivity index (χ3v) is 13.0. The first-order chi connectivity index (χ1) is 28.8. The fourth-order valence-electron chi connectivity index (χ4n) is 5.40. The van der Waals surface area contributed by atoms with Gasteiger partial charge in [0, 0.05) is 6.16 Å². The highest BCUT2D eigenvalue weighted by Crippen LogP contribution is 2.33. The van der Waals surface area contributed by atoms with Crippen molar-refractivity contribution >= 4 is 37.4 Å². The second kappa shape index (κ2) is 52.4. The van der Waals surface area contributed by atoms with E-state index in [9.17, 15) is 9.36 Å². The molecule has 400 valence electrons. The molecule has 0 aromatic heterocycles. The van der Waals surface area contributed by atoms with Crippen molar-refractivity contribution in [3.8, 4) is 0 Å². The molecule has 3 unspecified atom stereocenters. The zero-order valence-corrected chi connectivity index (χ0v) is 40.0. The minimum absolute atomic E-state index is 0. The van der Waals surface area contributed by atoms with E-state index in [-0.39, 0.29) is 85.4 Å². The van der Waals surface area contributed by atoms with Gasteiger partial charge in [0.1, 0.15) is 0 Å². The number of hydrogen-bond donors (Lipinski definition) is 3. The Labute approximate surface area is 442 Å². The van der Waals surface area contributed by atoms with Crippen LogP contribution < -0.4 is 28.3 Å². The number of aromatic carboxylic acids is 1. The Bertz CT molecular complexity index is 1840. The predicted octanol–water partition coefficient (Wildman–Crippen LogP) is 16.5. The van der Waals surface area contributed by atoms with Gasteiger partial charge in [-0.15, -0.1) is 0 Å². The van der Waals surface area contributed by atoms with Crippen molar-refractivity contribution in [3.05, 3.63) is 205 Å². The average molecular weight is 1030 g/mol. The van der Waals surface area contributed by atoms with E-state index in [2.05, 4.69) is 200 Å². The zero-order chi connectivity index (χ0) is 44.8. The average Bonchev–Trinajstić information content (AvgIpc) is 3.31. The normalized spacial score (nSPS) is 9.99. The topological polar surface area (TPSA) is 94.8 Å². The molecule has 8 heteroatoms. The zero-order valence-electron chi connectivity index (χ0n) is 37.4. The number of carboxylic acids is 1. The highest BCUT2D eigenvalue weighted by Gasteiger charge is 2.15. The van der Waals surface area contributed by atoms with Gasteiger partial charge in [-0.25, -0.2) is 4.79 Å². The number of carboxylic acid groups (broad SMARTS) is 1. The molecule has 0 saturated heterocycles. The second-order valence-corrected chi connectivity index (χ2v) is 18.2. The van der Waals surface area contributed by atoms with E-state index >= 15 is 0 Å². The van der Waals surface area contributed by atoms with Crippen LogP contribution in [0, 0.1) is 6.92 Å². The van der Waals surface area contributed by atoms with Crippen molar-refractivity contribution < 1.29 is 36.7 Å². The Morgan fingerprint density at radius 2 is 0.643 bits per heavy atom. The van der Waals surface area contributed by atoms with E-state index < -0.39 is 21.5 Å². The molecule has 0 radical (unpaired) electrons. The summed E-state index contributed by atoms with van der Waals surface area (Å²) in [6, 6.07) is 60.7. The molecule has 0 spiro atoms. The number of benzene rings is 6. The highest BCUT2D eigenvalue weighted by atomic mass is 35.5. The molecular formula is C62H105ClO5P2. The van der Waals surface area contributed by atoms with E-state index in [1.807, 2.05) is 12.1 Å². The molecule has 0 bridgehead atoms. The molecular weight excluding hydrogens is 922 g/mol. The molecule has 0 aliphatic rings. The Balaban J connectivity index is -0.0000000799. The van der Waals surface area contributed by atoms with Crippen LogP contribution in [0.5, 0.6) is 0 Å². The van der Waals surface area contributed by atoms with Crippen LogP contribution in [0.15, 0.2) is 176 Å². The highest BCUT2D eigenvalue weighted by molar-refractivity contribution is 7.79. The van der Waals surface area contributed by atoms with Gasteiger partial charge in [0.25, 0.3) is 0 Å². The third-order valence-electron chi connectivity index (χ3n) is 9.76. The minimum atomic E-state index is -3.65. The molecule has 0 aliphatic carbocycles. The fraction of sp³-hybridized carbons (Fsp3) is 0.387. The molecule has 0 aliphatic heterocycles. The van der Waals surface area contributed by atoms with Gasteiger partial charge in [-0.3, -0.25) is 4.57 Å². The van der Waals surface area contributed by atoms with Gasteiger partial charge in [0.2, 0.25) is 0 Å². The lowest BCUT2D eigenvalue weighted by atomic mass is 9.98. The molecule has 6 aromatic carbocycles. The van der Waals surface area contributed by atoms with E-state index in [0.29, 0.717) is 23.3 Å². The maximum absolute atomic E-state index is 10.6. The number of rotatable bonds is 11. The van der Waals surface area contributed by atoms with Gasteiger partial charge in [0.05, 0.1) is 19.4 Å². The van der Waals surface area contributed by atoms with Crippen LogP contribution in [0.3, 0.4) is 0 Å². The predicted molar refractivity (Wildman–Crippen MR) is 322 cm³/mol. The summed E-state index contributed by atoms with van der Waals surface area (Å²) >= 11 is 0. The van der Waals surface area contributed by atoms with E-state index in [4.69, 9.17) is 14.9 Å². The lowest BCUT2D eigenvalue weighted by Gasteiger charge is -2.18. The fourth-order valence-corrected chi connectivity index (χ4v) is 7.71. The summed E-state index contributed by atoms with van der Waals surface area (Å²) in [4.78, 5) is 26.4. The van der Waals surface area contributed by atoms with Crippen molar-refractivity contribution in [3.63, 3.8) is 0 Å². The van der Waals surface area contributed by atoms with Gasteiger partial charge >= 0.3 is 13.6 Å². The van der Waals surface area contributed by atoms with Crippen molar-refractivity contribution in [2.75, 3.05) is 6.16 Å². The smallest absolute Gasteiger partial charge is 0.335 e. The summed E-state index contributed by atoms with van der Waals surface area (Å²) in [6.07, 6.45) is 3.47. The lowest BCUT2D eigenvalue weighted by Crippen LogP contribution is -3.00. The van der Waals surface area contributed by atoms with Gasteiger partial charge in [-0.1, -0.05) is 279 Å². The Morgan fingerprint density at radius 3 is 0.829 bits per heavy atom. The maximum Gasteiger partial charge on any atom is 0.335 e. The first-order valence-corrected chi connectivity index (χ1v) is 24.1. The Hall–Kier alpha value is -4.47. The SMILES string of the molecule is C.C.C.C.C.C.C.C.C.CCC(C)c1ccc(C(=O)O)cc1.CCC(C)c1ccccc1.CCC(C)c1ccccc1.CCP(=O)(O)O.[CH2+]C.[Cl-].c1ccc(P(c2ccccc2)c2ccccc2)cc1. The molecule has 6 aromatic rings. The van der Waals surface area contributed by atoms with E-state index in [1.54, 1.807) is 19.1 Å². The quantitative estimate of drug-likeness (QED) is 0.0888. The molecule has 0 saturated carbocycles. The van der Waals surface area contributed by atoms with Crippen molar-refractivity contribution in [1.29, 1.82) is 0 Å². The summed E-state index contributed by atoms with van der Waals surface area (Å²) < 4.78 is 9.69. The van der Waals surface area contributed by atoms with Crippen molar-refractivity contribution in [2.45, 2.75) is 159 Å². The summed E-state index contributed by atoms with van der Waals surface area (Å²) in [7, 11) is -4.09. The lowest BCUT2D eigenvalue weighted by molar-refractivity contribution is -0.0000361. The van der Waals surface area contributed by atoms with E-state index in [1.165, 1.54) is 52.4 Å². The van der Waals surface area contributed by atoms with Crippen molar-refractivity contribution in [2.24, 2.45) is 0 Å². The summed E-state index contributed by atoms with van der Waals surface area (Å²) in [5, 5.41) is 12.9.